The van der Waals surface area contributed by atoms with Gasteiger partial charge < -0.3 is 19.7 Å². The summed E-state index contributed by atoms with van der Waals surface area (Å²) >= 11 is 0. The fourth-order valence-corrected chi connectivity index (χ4v) is 4.04. The normalized spacial score (nSPS) is 20.5. The van der Waals surface area contributed by atoms with Crippen molar-refractivity contribution in [1.29, 1.82) is 0 Å². The number of carbonyl (C=O) groups is 2. The summed E-state index contributed by atoms with van der Waals surface area (Å²) < 4.78 is 10.8. The molecule has 2 aliphatic heterocycles. The Balaban J connectivity index is 1.24. The van der Waals surface area contributed by atoms with E-state index in [2.05, 4.69) is 10.2 Å². The number of nitrogens with zero attached hydrogens (tertiary/aromatic N) is 2. The number of fused-ring (bicyclic) bond motifs is 1. The molecule has 3 aliphatic rings. The topological polar surface area (TPSA) is 71.1 Å². The van der Waals surface area contributed by atoms with Crippen molar-refractivity contribution in [1.82, 2.24) is 15.1 Å². The summed E-state index contributed by atoms with van der Waals surface area (Å²) in [7, 11) is 0. The van der Waals surface area contributed by atoms with Crippen molar-refractivity contribution in [2.45, 2.75) is 44.7 Å². The zero-order valence-corrected chi connectivity index (χ0v) is 15.6. The zero-order valence-electron chi connectivity index (χ0n) is 15.6. The predicted molar refractivity (Wildman–Crippen MR) is 99.4 cm³/mol. The van der Waals surface area contributed by atoms with E-state index < -0.39 is 5.91 Å². The number of amides is 2. The van der Waals surface area contributed by atoms with E-state index >= 15 is 0 Å². The molecule has 1 saturated heterocycles. The number of piperazine rings is 1. The standard InChI is InChI=1S/C20H27N3O4/c24-19(21-16-4-2-1-3-5-16)20(25)23-10-8-22(9-11-23)13-15-6-7-17-18(12-15)27-14-26-17/h6-7,12,16H,1-5,8-11,13-14H2,(H,21,24). The lowest BCUT2D eigenvalue weighted by molar-refractivity contribution is -0.147. The lowest BCUT2D eigenvalue weighted by Crippen LogP contribution is -2.53. The third-order valence-electron chi connectivity index (χ3n) is 5.64. The molecule has 146 valence electrons. The first-order valence-electron chi connectivity index (χ1n) is 9.90. The highest BCUT2D eigenvalue weighted by Crippen LogP contribution is 2.32. The van der Waals surface area contributed by atoms with Gasteiger partial charge in [0.15, 0.2) is 11.5 Å². The van der Waals surface area contributed by atoms with E-state index in [1.165, 1.54) is 6.42 Å². The molecule has 27 heavy (non-hydrogen) atoms. The van der Waals surface area contributed by atoms with Crippen LogP contribution in [0, 0.1) is 0 Å². The Kier molecular flexibility index (Phi) is 5.48. The fraction of sp³-hybridized carbons (Fsp3) is 0.600. The van der Waals surface area contributed by atoms with E-state index in [0.717, 1.165) is 62.4 Å². The quantitative estimate of drug-likeness (QED) is 0.814. The number of rotatable bonds is 3. The van der Waals surface area contributed by atoms with Crippen LogP contribution in [0.3, 0.4) is 0 Å². The van der Waals surface area contributed by atoms with Gasteiger partial charge in [0.25, 0.3) is 0 Å². The third-order valence-corrected chi connectivity index (χ3v) is 5.64. The second-order valence-electron chi connectivity index (χ2n) is 7.56. The molecule has 2 fully saturated rings. The average molecular weight is 373 g/mol. The van der Waals surface area contributed by atoms with E-state index in [4.69, 9.17) is 9.47 Å². The van der Waals surface area contributed by atoms with Gasteiger partial charge in [-0.05, 0) is 30.5 Å². The van der Waals surface area contributed by atoms with Crippen LogP contribution < -0.4 is 14.8 Å². The molecule has 0 spiro atoms. The molecule has 4 rings (SSSR count). The number of hydrogen-bond acceptors (Lipinski definition) is 5. The molecule has 1 aromatic carbocycles. The van der Waals surface area contributed by atoms with Gasteiger partial charge >= 0.3 is 11.8 Å². The monoisotopic (exact) mass is 373 g/mol. The van der Waals surface area contributed by atoms with Crippen LogP contribution in [-0.4, -0.2) is 60.6 Å². The van der Waals surface area contributed by atoms with Crippen molar-refractivity contribution in [3.8, 4) is 11.5 Å². The number of carbonyl (C=O) groups excluding carboxylic acids is 2. The summed E-state index contributed by atoms with van der Waals surface area (Å²) in [4.78, 5) is 28.6. The van der Waals surface area contributed by atoms with Gasteiger partial charge in [-0.2, -0.15) is 0 Å². The van der Waals surface area contributed by atoms with E-state index in [9.17, 15) is 9.59 Å². The maximum atomic E-state index is 12.4. The van der Waals surface area contributed by atoms with Crippen LogP contribution >= 0.6 is 0 Å². The molecule has 1 saturated carbocycles. The maximum Gasteiger partial charge on any atom is 0.311 e. The fourth-order valence-electron chi connectivity index (χ4n) is 4.04. The largest absolute Gasteiger partial charge is 0.454 e. The van der Waals surface area contributed by atoms with Crippen molar-refractivity contribution in [3.05, 3.63) is 23.8 Å². The Bertz CT molecular complexity index is 694. The first kappa shape index (κ1) is 18.1. The van der Waals surface area contributed by atoms with Gasteiger partial charge in [-0.15, -0.1) is 0 Å². The van der Waals surface area contributed by atoms with Crippen LogP contribution in [0.15, 0.2) is 18.2 Å². The number of nitrogens with one attached hydrogen (secondary N) is 1. The molecule has 0 atom stereocenters. The highest BCUT2D eigenvalue weighted by molar-refractivity contribution is 6.35. The smallest absolute Gasteiger partial charge is 0.311 e. The van der Waals surface area contributed by atoms with Gasteiger partial charge in [0.05, 0.1) is 0 Å². The minimum Gasteiger partial charge on any atom is -0.454 e. The molecule has 0 radical (unpaired) electrons. The molecule has 1 aromatic rings. The number of ether oxygens (including phenoxy) is 2. The van der Waals surface area contributed by atoms with Crippen molar-refractivity contribution < 1.29 is 19.1 Å². The molecule has 2 heterocycles. The predicted octanol–water partition coefficient (Wildman–Crippen LogP) is 1.51. The highest BCUT2D eigenvalue weighted by Gasteiger charge is 2.28. The molecule has 2 amide bonds. The van der Waals surface area contributed by atoms with Crippen molar-refractivity contribution in [2.75, 3.05) is 33.0 Å². The second-order valence-corrected chi connectivity index (χ2v) is 7.56. The Morgan fingerprint density at radius 1 is 1.00 bits per heavy atom. The Morgan fingerprint density at radius 2 is 1.74 bits per heavy atom. The Labute approximate surface area is 159 Å². The molecule has 1 aliphatic carbocycles. The first-order valence-corrected chi connectivity index (χ1v) is 9.90. The lowest BCUT2D eigenvalue weighted by atomic mass is 9.95. The molecule has 0 aromatic heterocycles. The lowest BCUT2D eigenvalue weighted by Gasteiger charge is -2.34. The molecule has 7 heteroatoms. The zero-order chi connectivity index (χ0) is 18.6. The van der Waals surface area contributed by atoms with Gasteiger partial charge in [-0.1, -0.05) is 25.3 Å². The van der Waals surface area contributed by atoms with Crippen molar-refractivity contribution in [2.24, 2.45) is 0 Å². The molecule has 1 N–H and O–H groups in total. The first-order chi connectivity index (χ1) is 13.2. The summed E-state index contributed by atoms with van der Waals surface area (Å²) in [6.45, 7) is 3.77. The molecular weight excluding hydrogens is 346 g/mol. The third kappa shape index (κ3) is 4.35. The summed E-state index contributed by atoms with van der Waals surface area (Å²) in [5.74, 6) is 0.758. The van der Waals surface area contributed by atoms with E-state index in [1.54, 1.807) is 4.90 Å². The van der Waals surface area contributed by atoms with Crippen LogP contribution in [0.4, 0.5) is 0 Å². The molecular formula is C20H27N3O4. The van der Waals surface area contributed by atoms with Crippen LogP contribution in [0.2, 0.25) is 0 Å². The van der Waals surface area contributed by atoms with Crippen LogP contribution in [-0.2, 0) is 16.1 Å². The van der Waals surface area contributed by atoms with Gasteiger partial charge in [-0.25, -0.2) is 0 Å². The van der Waals surface area contributed by atoms with Crippen LogP contribution in [0.25, 0.3) is 0 Å². The highest BCUT2D eigenvalue weighted by atomic mass is 16.7. The summed E-state index contributed by atoms with van der Waals surface area (Å²) in [5, 5.41) is 2.92. The van der Waals surface area contributed by atoms with Gasteiger partial charge in [0.2, 0.25) is 6.79 Å². The van der Waals surface area contributed by atoms with Crippen LogP contribution in [0.5, 0.6) is 11.5 Å². The molecule has 7 nitrogen and oxygen atoms in total. The van der Waals surface area contributed by atoms with E-state index in [-0.39, 0.29) is 18.7 Å². The van der Waals surface area contributed by atoms with Crippen LogP contribution in [0.1, 0.15) is 37.7 Å². The van der Waals surface area contributed by atoms with E-state index in [0.29, 0.717) is 13.1 Å². The number of hydrogen-bond donors (Lipinski definition) is 1. The minimum atomic E-state index is -0.439. The SMILES string of the molecule is O=C(NC1CCCCC1)C(=O)N1CCN(Cc2ccc3c(c2)OCO3)CC1. The van der Waals surface area contributed by atoms with Crippen molar-refractivity contribution >= 4 is 11.8 Å². The van der Waals surface area contributed by atoms with Gasteiger partial charge in [0.1, 0.15) is 0 Å². The second kappa shape index (κ2) is 8.17. The minimum absolute atomic E-state index is 0.169. The summed E-state index contributed by atoms with van der Waals surface area (Å²) in [6, 6.07) is 6.16. The summed E-state index contributed by atoms with van der Waals surface area (Å²) in [5.41, 5.74) is 1.16. The summed E-state index contributed by atoms with van der Waals surface area (Å²) in [6.07, 6.45) is 5.48. The van der Waals surface area contributed by atoms with Gasteiger partial charge in [-0.3, -0.25) is 14.5 Å². The maximum absolute atomic E-state index is 12.4. The van der Waals surface area contributed by atoms with Gasteiger partial charge in [0, 0.05) is 38.8 Å². The Hall–Kier alpha value is -2.28. The Morgan fingerprint density at radius 3 is 2.52 bits per heavy atom. The average Bonchev–Trinajstić information content (AvgIpc) is 3.16. The van der Waals surface area contributed by atoms with Crippen molar-refractivity contribution in [3.63, 3.8) is 0 Å². The molecule has 0 unspecified atom stereocenters. The van der Waals surface area contributed by atoms with E-state index in [1.807, 2.05) is 18.2 Å². The molecule has 0 bridgehead atoms. The number of benzene rings is 1.